The first-order chi connectivity index (χ1) is 8.97. The van der Waals surface area contributed by atoms with Crippen LogP contribution in [0.2, 0.25) is 0 Å². The minimum atomic E-state index is -0.179. The van der Waals surface area contributed by atoms with Gasteiger partial charge in [-0.1, -0.05) is 0 Å². The van der Waals surface area contributed by atoms with Crippen LogP contribution < -0.4 is 11.3 Å². The van der Waals surface area contributed by atoms with Gasteiger partial charge in [0, 0.05) is 38.1 Å². The number of pyridine rings is 1. The summed E-state index contributed by atoms with van der Waals surface area (Å²) in [6, 6.07) is 2.91. The highest BCUT2D eigenvalue weighted by atomic mass is 16.2. The molecule has 0 aromatic carbocycles. The Hall–Kier alpha value is -2.31. The number of piperazine rings is 1. The lowest BCUT2D eigenvalue weighted by Gasteiger charge is -2.31. The molecule has 0 atom stereocenters. The van der Waals surface area contributed by atoms with Crippen molar-refractivity contribution in [2.24, 2.45) is 0 Å². The quantitative estimate of drug-likeness (QED) is 0.737. The fourth-order valence-corrected chi connectivity index (χ4v) is 1.92. The SMILES string of the molecule is CN1CC(=O)N(CCn2cc(N)ccc2=O)CC1=O. The molecule has 2 N–H and O–H groups in total. The highest BCUT2D eigenvalue weighted by Crippen LogP contribution is 2.03. The first-order valence-corrected chi connectivity index (χ1v) is 5.95. The van der Waals surface area contributed by atoms with Crippen molar-refractivity contribution < 1.29 is 9.59 Å². The Morgan fingerprint density at radius 1 is 1.11 bits per heavy atom. The van der Waals surface area contributed by atoms with E-state index in [1.807, 2.05) is 0 Å². The van der Waals surface area contributed by atoms with Gasteiger partial charge in [-0.3, -0.25) is 14.4 Å². The van der Waals surface area contributed by atoms with Crippen LogP contribution in [-0.2, 0) is 16.1 Å². The molecule has 1 aromatic rings. The van der Waals surface area contributed by atoms with Gasteiger partial charge in [0.1, 0.15) is 0 Å². The second kappa shape index (κ2) is 5.13. The third-order valence-electron chi connectivity index (χ3n) is 3.09. The van der Waals surface area contributed by atoms with E-state index in [4.69, 9.17) is 5.73 Å². The molecule has 102 valence electrons. The average molecular weight is 264 g/mol. The molecule has 19 heavy (non-hydrogen) atoms. The number of nitrogen functional groups attached to an aromatic ring is 1. The molecule has 1 aliphatic heterocycles. The zero-order valence-corrected chi connectivity index (χ0v) is 10.7. The molecule has 0 unspecified atom stereocenters. The first kappa shape index (κ1) is 13.1. The molecular formula is C12H16N4O3. The number of carbonyl (C=O) groups excluding carboxylic acids is 2. The second-order valence-electron chi connectivity index (χ2n) is 4.56. The number of aromatic nitrogens is 1. The van der Waals surface area contributed by atoms with Gasteiger partial charge in [-0.25, -0.2) is 0 Å². The van der Waals surface area contributed by atoms with Crippen molar-refractivity contribution in [1.29, 1.82) is 0 Å². The van der Waals surface area contributed by atoms with Gasteiger partial charge < -0.3 is 20.1 Å². The van der Waals surface area contributed by atoms with Crippen LogP contribution >= 0.6 is 0 Å². The van der Waals surface area contributed by atoms with Crippen LogP contribution in [0, 0.1) is 0 Å². The molecule has 7 heteroatoms. The molecule has 7 nitrogen and oxygen atoms in total. The van der Waals surface area contributed by atoms with Crippen molar-refractivity contribution in [2.45, 2.75) is 6.54 Å². The molecule has 2 rings (SSSR count). The lowest BCUT2D eigenvalue weighted by molar-refractivity contribution is -0.148. The monoisotopic (exact) mass is 264 g/mol. The Kier molecular flexibility index (Phi) is 3.55. The van der Waals surface area contributed by atoms with Gasteiger partial charge in [-0.2, -0.15) is 0 Å². The second-order valence-corrected chi connectivity index (χ2v) is 4.56. The number of nitrogens with two attached hydrogens (primary N) is 1. The lowest BCUT2D eigenvalue weighted by atomic mass is 10.3. The molecule has 2 heterocycles. The van der Waals surface area contributed by atoms with E-state index in [-0.39, 0.29) is 30.5 Å². The van der Waals surface area contributed by atoms with E-state index >= 15 is 0 Å². The van der Waals surface area contributed by atoms with Crippen LogP contribution in [0.15, 0.2) is 23.1 Å². The van der Waals surface area contributed by atoms with Crippen molar-refractivity contribution in [3.8, 4) is 0 Å². The highest BCUT2D eigenvalue weighted by molar-refractivity contribution is 5.92. The number of nitrogens with zero attached hydrogens (tertiary/aromatic N) is 3. The number of hydrogen-bond acceptors (Lipinski definition) is 4. The smallest absolute Gasteiger partial charge is 0.250 e. The number of anilines is 1. The van der Waals surface area contributed by atoms with Gasteiger partial charge in [0.2, 0.25) is 11.8 Å². The largest absolute Gasteiger partial charge is 0.398 e. The summed E-state index contributed by atoms with van der Waals surface area (Å²) in [5.74, 6) is -0.210. The Morgan fingerprint density at radius 2 is 1.84 bits per heavy atom. The Labute approximate surface area is 110 Å². The summed E-state index contributed by atoms with van der Waals surface area (Å²) >= 11 is 0. The molecule has 1 aromatic heterocycles. The van der Waals surface area contributed by atoms with Gasteiger partial charge >= 0.3 is 0 Å². The molecule has 0 aliphatic carbocycles. The molecule has 2 amide bonds. The van der Waals surface area contributed by atoms with E-state index < -0.39 is 0 Å². The van der Waals surface area contributed by atoms with Crippen molar-refractivity contribution in [3.63, 3.8) is 0 Å². The molecule has 1 saturated heterocycles. The summed E-state index contributed by atoms with van der Waals surface area (Å²) < 4.78 is 1.44. The summed E-state index contributed by atoms with van der Waals surface area (Å²) in [5, 5.41) is 0. The van der Waals surface area contributed by atoms with Gasteiger partial charge in [-0.15, -0.1) is 0 Å². The third-order valence-corrected chi connectivity index (χ3v) is 3.09. The van der Waals surface area contributed by atoms with E-state index in [2.05, 4.69) is 0 Å². The van der Waals surface area contributed by atoms with Crippen LogP contribution in [0.4, 0.5) is 5.69 Å². The normalized spacial score (nSPS) is 16.1. The molecule has 0 saturated carbocycles. The van der Waals surface area contributed by atoms with E-state index in [0.717, 1.165) is 0 Å². The minimum absolute atomic E-state index is 0.0619. The van der Waals surface area contributed by atoms with Crippen LogP contribution in [0.1, 0.15) is 0 Å². The van der Waals surface area contributed by atoms with E-state index in [9.17, 15) is 14.4 Å². The van der Waals surface area contributed by atoms with Crippen molar-refractivity contribution in [1.82, 2.24) is 14.4 Å². The molecule has 0 radical (unpaired) electrons. The van der Waals surface area contributed by atoms with Gasteiger partial charge in [0.05, 0.1) is 13.1 Å². The minimum Gasteiger partial charge on any atom is -0.398 e. The maximum absolute atomic E-state index is 11.7. The van der Waals surface area contributed by atoms with Crippen molar-refractivity contribution in [3.05, 3.63) is 28.7 Å². The predicted molar refractivity (Wildman–Crippen MR) is 69.3 cm³/mol. The maximum Gasteiger partial charge on any atom is 0.250 e. The zero-order chi connectivity index (χ0) is 14.0. The summed E-state index contributed by atoms with van der Waals surface area (Å²) in [4.78, 5) is 37.7. The number of hydrogen-bond donors (Lipinski definition) is 1. The molecule has 0 bridgehead atoms. The lowest BCUT2D eigenvalue weighted by Crippen LogP contribution is -2.53. The first-order valence-electron chi connectivity index (χ1n) is 5.95. The van der Waals surface area contributed by atoms with Crippen LogP contribution in [0.25, 0.3) is 0 Å². The summed E-state index contributed by atoms with van der Waals surface area (Å²) in [7, 11) is 1.60. The molecule has 0 spiro atoms. The Morgan fingerprint density at radius 3 is 2.58 bits per heavy atom. The number of rotatable bonds is 3. The Bertz CT molecular complexity index is 566. The van der Waals surface area contributed by atoms with Crippen LogP contribution in [0.5, 0.6) is 0 Å². The fourth-order valence-electron chi connectivity index (χ4n) is 1.92. The van der Waals surface area contributed by atoms with E-state index in [1.54, 1.807) is 7.05 Å². The number of carbonyl (C=O) groups is 2. The predicted octanol–water partition coefficient (Wildman–Crippen LogP) is -1.27. The summed E-state index contributed by atoms with van der Waals surface area (Å²) in [6.45, 7) is 0.797. The summed E-state index contributed by atoms with van der Waals surface area (Å²) in [5.41, 5.74) is 5.91. The van der Waals surface area contributed by atoms with E-state index in [1.165, 1.54) is 32.7 Å². The fraction of sp³-hybridized carbons (Fsp3) is 0.417. The average Bonchev–Trinajstić information content (AvgIpc) is 2.36. The maximum atomic E-state index is 11.7. The zero-order valence-electron chi connectivity index (χ0n) is 10.7. The van der Waals surface area contributed by atoms with Crippen LogP contribution in [0.3, 0.4) is 0 Å². The topological polar surface area (TPSA) is 88.6 Å². The van der Waals surface area contributed by atoms with Crippen molar-refractivity contribution in [2.75, 3.05) is 32.4 Å². The Balaban J connectivity index is 2.02. The molecule has 1 fully saturated rings. The number of likely N-dealkylation sites (N-methyl/N-ethyl adjacent to an activating group) is 1. The third kappa shape index (κ3) is 2.93. The number of amides is 2. The summed E-state index contributed by atoms with van der Waals surface area (Å²) in [6.07, 6.45) is 1.53. The molecular weight excluding hydrogens is 248 g/mol. The van der Waals surface area contributed by atoms with Crippen molar-refractivity contribution >= 4 is 17.5 Å². The van der Waals surface area contributed by atoms with Crippen LogP contribution in [-0.4, -0.2) is 52.9 Å². The van der Waals surface area contributed by atoms with Gasteiger partial charge in [0.25, 0.3) is 5.56 Å². The van der Waals surface area contributed by atoms with E-state index in [0.29, 0.717) is 18.8 Å². The molecule has 1 aliphatic rings. The highest BCUT2D eigenvalue weighted by Gasteiger charge is 2.26. The standard InChI is InChI=1S/C12H16N4O3/c1-14-7-12(19)16(8-11(14)18)5-4-15-6-9(13)2-3-10(15)17/h2-3,6H,4-5,7-8,13H2,1H3. The van der Waals surface area contributed by atoms with Gasteiger partial charge in [0.15, 0.2) is 0 Å². The van der Waals surface area contributed by atoms with Gasteiger partial charge in [-0.05, 0) is 6.07 Å².